The molecule has 2 aromatic heterocycles. The summed E-state index contributed by atoms with van der Waals surface area (Å²) in [5.74, 6) is -0.377. The molecule has 1 aromatic carbocycles. The summed E-state index contributed by atoms with van der Waals surface area (Å²) in [5.41, 5.74) is -0.00747. The SMILES string of the molecule is N#Cc1cc([C@@H]2CC[C@H]3OC4(CCN(c5ccnc6c(F)cnn56)CC4)C(=O)N32)ccc1F. The first-order chi connectivity index (χ1) is 16.0. The first-order valence-corrected chi connectivity index (χ1v) is 10.9. The van der Waals surface area contributed by atoms with E-state index in [1.54, 1.807) is 23.2 Å². The van der Waals surface area contributed by atoms with Crippen LogP contribution in [0.3, 0.4) is 0 Å². The largest absolute Gasteiger partial charge is 0.356 e. The molecule has 3 saturated heterocycles. The van der Waals surface area contributed by atoms with E-state index in [2.05, 4.69) is 15.0 Å². The fourth-order valence-corrected chi connectivity index (χ4v) is 5.40. The van der Waals surface area contributed by atoms with E-state index in [1.807, 2.05) is 6.07 Å². The summed E-state index contributed by atoms with van der Waals surface area (Å²) in [4.78, 5) is 21.5. The molecule has 0 saturated carbocycles. The molecule has 0 unspecified atom stereocenters. The molecule has 6 rings (SSSR count). The van der Waals surface area contributed by atoms with Crippen molar-refractivity contribution >= 4 is 17.4 Å². The topological polar surface area (TPSA) is 86.8 Å². The molecule has 5 heterocycles. The van der Waals surface area contributed by atoms with Crippen LogP contribution in [0, 0.1) is 23.0 Å². The van der Waals surface area contributed by atoms with Crippen molar-refractivity contribution in [3.63, 3.8) is 0 Å². The number of carbonyl (C=O) groups is 1. The number of anilines is 1. The third-order valence-corrected chi connectivity index (χ3v) is 7.05. The van der Waals surface area contributed by atoms with Gasteiger partial charge in [-0.1, -0.05) is 6.07 Å². The van der Waals surface area contributed by atoms with Crippen LogP contribution in [0.15, 0.2) is 36.7 Å². The summed E-state index contributed by atoms with van der Waals surface area (Å²) in [6.07, 6.45) is 4.75. The van der Waals surface area contributed by atoms with E-state index < -0.39 is 17.2 Å². The second-order valence-corrected chi connectivity index (χ2v) is 8.74. The monoisotopic (exact) mass is 450 g/mol. The first-order valence-electron chi connectivity index (χ1n) is 10.9. The van der Waals surface area contributed by atoms with Crippen LogP contribution < -0.4 is 4.90 Å². The van der Waals surface area contributed by atoms with Gasteiger partial charge in [0.2, 0.25) is 0 Å². The number of halogens is 2. The Labute approximate surface area is 188 Å². The van der Waals surface area contributed by atoms with Crippen molar-refractivity contribution in [2.45, 2.75) is 43.6 Å². The molecular weight excluding hydrogens is 430 g/mol. The zero-order valence-electron chi connectivity index (χ0n) is 17.6. The number of nitriles is 1. The Hall–Kier alpha value is -3.58. The highest BCUT2D eigenvalue weighted by Gasteiger charge is 2.58. The van der Waals surface area contributed by atoms with Crippen LogP contribution in [0.4, 0.5) is 14.6 Å². The predicted octanol–water partition coefficient (Wildman–Crippen LogP) is 2.94. The minimum absolute atomic E-state index is 0.0229. The Morgan fingerprint density at radius 2 is 1.97 bits per heavy atom. The number of rotatable bonds is 2. The lowest BCUT2D eigenvalue weighted by Gasteiger charge is -2.38. The Kier molecular flexibility index (Phi) is 4.39. The van der Waals surface area contributed by atoms with Crippen LogP contribution in [0.5, 0.6) is 0 Å². The van der Waals surface area contributed by atoms with E-state index in [-0.39, 0.29) is 29.4 Å². The average molecular weight is 450 g/mol. The molecule has 0 aliphatic carbocycles. The summed E-state index contributed by atoms with van der Waals surface area (Å²) < 4.78 is 35.5. The first kappa shape index (κ1) is 20.1. The summed E-state index contributed by atoms with van der Waals surface area (Å²) in [5, 5.41) is 13.3. The maximum absolute atomic E-state index is 13.9. The van der Waals surface area contributed by atoms with Crippen molar-refractivity contribution in [2.24, 2.45) is 0 Å². The van der Waals surface area contributed by atoms with Gasteiger partial charge in [-0.3, -0.25) is 4.79 Å². The molecule has 3 aliphatic heterocycles. The lowest BCUT2D eigenvalue weighted by molar-refractivity contribution is -0.140. The number of aromatic nitrogens is 3. The highest BCUT2D eigenvalue weighted by atomic mass is 19.1. The van der Waals surface area contributed by atoms with Gasteiger partial charge in [0.1, 0.15) is 23.9 Å². The number of benzene rings is 1. The van der Waals surface area contributed by atoms with Crippen LogP contribution in [0.1, 0.15) is 42.9 Å². The smallest absolute Gasteiger partial charge is 0.257 e. The lowest BCUT2D eigenvalue weighted by Crippen LogP contribution is -2.50. The Morgan fingerprint density at radius 1 is 1.15 bits per heavy atom. The fraction of sp³-hybridized carbons (Fsp3) is 0.391. The Morgan fingerprint density at radius 3 is 2.76 bits per heavy atom. The minimum Gasteiger partial charge on any atom is -0.356 e. The molecule has 10 heteroatoms. The van der Waals surface area contributed by atoms with Crippen LogP contribution in [0.25, 0.3) is 5.65 Å². The molecule has 2 atom stereocenters. The molecule has 3 fully saturated rings. The van der Waals surface area contributed by atoms with E-state index in [0.29, 0.717) is 38.8 Å². The van der Waals surface area contributed by atoms with Gasteiger partial charge in [0.25, 0.3) is 5.91 Å². The maximum atomic E-state index is 13.9. The molecule has 1 amide bonds. The van der Waals surface area contributed by atoms with Crippen molar-refractivity contribution in [3.8, 4) is 6.07 Å². The van der Waals surface area contributed by atoms with Gasteiger partial charge in [0, 0.05) is 32.1 Å². The number of hydrogen-bond acceptors (Lipinski definition) is 6. The zero-order valence-corrected chi connectivity index (χ0v) is 17.6. The second kappa shape index (κ2) is 7.22. The van der Waals surface area contributed by atoms with Crippen LogP contribution >= 0.6 is 0 Å². The van der Waals surface area contributed by atoms with Gasteiger partial charge in [0.05, 0.1) is 17.8 Å². The highest BCUT2D eigenvalue weighted by Crippen LogP contribution is 2.48. The normalized spacial score (nSPS) is 24.0. The summed E-state index contributed by atoms with van der Waals surface area (Å²) >= 11 is 0. The van der Waals surface area contributed by atoms with Gasteiger partial charge in [-0.25, -0.2) is 13.8 Å². The van der Waals surface area contributed by atoms with E-state index in [0.717, 1.165) is 17.6 Å². The van der Waals surface area contributed by atoms with E-state index in [9.17, 15) is 18.8 Å². The number of carbonyl (C=O) groups excluding carboxylic acids is 1. The fourth-order valence-electron chi connectivity index (χ4n) is 5.40. The Bertz CT molecular complexity index is 1310. The van der Waals surface area contributed by atoms with Gasteiger partial charge in [-0.15, -0.1) is 0 Å². The highest BCUT2D eigenvalue weighted by molar-refractivity contribution is 5.88. The average Bonchev–Trinajstić information content (AvgIpc) is 3.49. The molecular formula is C23H20F2N6O2. The minimum atomic E-state index is -0.903. The summed E-state index contributed by atoms with van der Waals surface area (Å²) in [7, 11) is 0. The van der Waals surface area contributed by atoms with E-state index in [4.69, 9.17) is 4.74 Å². The quantitative estimate of drug-likeness (QED) is 0.597. The molecule has 0 N–H and O–H groups in total. The van der Waals surface area contributed by atoms with Gasteiger partial charge < -0.3 is 14.5 Å². The van der Waals surface area contributed by atoms with E-state index in [1.165, 1.54) is 16.6 Å². The van der Waals surface area contributed by atoms with Gasteiger partial charge in [0.15, 0.2) is 17.1 Å². The van der Waals surface area contributed by atoms with Crippen LogP contribution in [-0.4, -0.2) is 50.3 Å². The number of ether oxygens (including phenoxy) is 1. The predicted molar refractivity (Wildman–Crippen MR) is 112 cm³/mol. The van der Waals surface area contributed by atoms with Crippen molar-refractivity contribution in [3.05, 3.63) is 59.4 Å². The van der Waals surface area contributed by atoms with Crippen molar-refractivity contribution in [1.82, 2.24) is 19.5 Å². The number of hydrogen-bond donors (Lipinski definition) is 0. The van der Waals surface area contributed by atoms with Crippen LogP contribution in [0.2, 0.25) is 0 Å². The van der Waals surface area contributed by atoms with Crippen LogP contribution in [-0.2, 0) is 9.53 Å². The number of fused-ring (bicyclic) bond motifs is 2. The second-order valence-electron chi connectivity index (χ2n) is 8.74. The maximum Gasteiger partial charge on any atom is 0.257 e. The molecule has 3 aliphatic rings. The molecule has 1 spiro atoms. The molecule has 8 nitrogen and oxygen atoms in total. The third-order valence-electron chi connectivity index (χ3n) is 7.05. The third kappa shape index (κ3) is 2.92. The molecule has 33 heavy (non-hydrogen) atoms. The molecule has 0 radical (unpaired) electrons. The molecule has 168 valence electrons. The summed E-state index contributed by atoms with van der Waals surface area (Å²) in [6.45, 7) is 1.10. The summed E-state index contributed by atoms with van der Waals surface area (Å²) in [6, 6.07) is 7.87. The molecule has 3 aromatic rings. The van der Waals surface area contributed by atoms with Crippen molar-refractivity contribution < 1.29 is 18.3 Å². The zero-order chi connectivity index (χ0) is 22.7. The van der Waals surface area contributed by atoms with E-state index >= 15 is 0 Å². The standard InChI is InChI=1S/C23H20F2N6O2/c24-16-2-1-14(11-15(16)12-26)18-3-4-20-30(18)22(32)23(33-20)6-9-29(10-7-23)19-5-8-27-21-17(25)13-28-31(19)21/h1-2,5,8,11,13,18,20H,3-4,6-7,9-10H2/t18-,20+/m0/s1. The van der Waals surface area contributed by atoms with Gasteiger partial charge in [-0.05, 0) is 36.6 Å². The molecule has 0 bridgehead atoms. The van der Waals surface area contributed by atoms with Gasteiger partial charge >= 0.3 is 0 Å². The Balaban J connectivity index is 1.23. The number of piperidine rings is 1. The van der Waals surface area contributed by atoms with Gasteiger partial charge in [-0.2, -0.15) is 14.9 Å². The lowest BCUT2D eigenvalue weighted by atomic mass is 9.89. The number of amides is 1. The van der Waals surface area contributed by atoms with Crippen molar-refractivity contribution in [2.75, 3.05) is 18.0 Å². The van der Waals surface area contributed by atoms with Crippen molar-refractivity contribution in [1.29, 1.82) is 5.26 Å². The number of nitrogens with zero attached hydrogens (tertiary/aromatic N) is 6.